The third-order valence-corrected chi connectivity index (χ3v) is 6.91. The molecule has 1 fully saturated rings. The van der Waals surface area contributed by atoms with Crippen molar-refractivity contribution in [3.05, 3.63) is 59.7 Å². The lowest BCUT2D eigenvalue weighted by Crippen LogP contribution is -2.53. The van der Waals surface area contributed by atoms with Crippen LogP contribution in [0.4, 0.5) is 4.79 Å². The van der Waals surface area contributed by atoms with E-state index in [1.54, 1.807) is 6.92 Å². The second-order valence-electron chi connectivity index (χ2n) is 9.53. The molecule has 0 bridgehead atoms. The normalized spacial score (nSPS) is 17.2. The zero-order chi connectivity index (χ0) is 24.1. The van der Waals surface area contributed by atoms with Crippen molar-refractivity contribution in [2.75, 3.05) is 6.61 Å². The average Bonchev–Trinajstić information content (AvgIpc) is 3.11. The molecule has 2 aliphatic rings. The highest BCUT2D eigenvalue weighted by atomic mass is 16.5. The van der Waals surface area contributed by atoms with Gasteiger partial charge in [0.05, 0.1) is 12.0 Å². The Morgan fingerprint density at radius 1 is 1.00 bits per heavy atom. The molecule has 1 atom stereocenters. The number of benzene rings is 2. The van der Waals surface area contributed by atoms with E-state index in [1.807, 2.05) is 24.3 Å². The molecule has 7 nitrogen and oxygen atoms in total. The maximum absolute atomic E-state index is 12.9. The molecule has 0 heterocycles. The molecule has 180 valence electrons. The van der Waals surface area contributed by atoms with Crippen LogP contribution >= 0.6 is 0 Å². The van der Waals surface area contributed by atoms with Gasteiger partial charge in [0.2, 0.25) is 5.91 Å². The number of carbonyl (C=O) groups is 3. The standard InChI is InChI=1S/C27H32N2O5/c1-18(15-25(31)32)28-24(30)16-27(13-7-2-8-14-27)29-26(33)34-17-23-21-11-5-3-9-19(21)20-10-4-6-12-22(20)23/h3-6,9-12,18,23H,2,7-8,13-17H2,1H3,(H,28,30)(H,29,33)(H,31,32)/t18-/m0/s1. The Hall–Kier alpha value is -3.35. The van der Waals surface area contributed by atoms with E-state index >= 15 is 0 Å². The SMILES string of the molecule is C[C@@H](CC(=O)O)NC(=O)CC1(NC(=O)OCC2c3ccccc3-c3ccccc32)CCCCC1. The molecule has 0 spiro atoms. The zero-order valence-corrected chi connectivity index (χ0v) is 19.5. The van der Waals surface area contributed by atoms with Gasteiger partial charge in [-0.15, -0.1) is 0 Å². The first-order valence-electron chi connectivity index (χ1n) is 12.0. The topological polar surface area (TPSA) is 105 Å². The lowest BCUT2D eigenvalue weighted by atomic mass is 9.79. The van der Waals surface area contributed by atoms with Crippen molar-refractivity contribution in [1.82, 2.24) is 10.6 Å². The van der Waals surface area contributed by atoms with Crippen LogP contribution in [0.25, 0.3) is 11.1 Å². The summed E-state index contributed by atoms with van der Waals surface area (Å²) in [6, 6.07) is 15.9. The Balaban J connectivity index is 1.40. The molecule has 7 heteroatoms. The summed E-state index contributed by atoms with van der Waals surface area (Å²) in [6.07, 6.45) is 3.74. The Morgan fingerprint density at radius 2 is 1.59 bits per heavy atom. The molecule has 1 saturated carbocycles. The van der Waals surface area contributed by atoms with Crippen molar-refractivity contribution < 1.29 is 24.2 Å². The van der Waals surface area contributed by atoms with E-state index in [4.69, 9.17) is 9.84 Å². The summed E-state index contributed by atoms with van der Waals surface area (Å²) in [4.78, 5) is 36.4. The van der Waals surface area contributed by atoms with Gasteiger partial charge in [-0.3, -0.25) is 9.59 Å². The van der Waals surface area contributed by atoms with Crippen LogP contribution in [0.2, 0.25) is 0 Å². The predicted molar refractivity (Wildman–Crippen MR) is 128 cm³/mol. The number of rotatable bonds is 8. The number of alkyl carbamates (subject to hydrolysis) is 1. The number of carbonyl (C=O) groups excluding carboxylic acids is 2. The minimum atomic E-state index is -0.961. The Bertz CT molecular complexity index is 1010. The highest BCUT2D eigenvalue weighted by molar-refractivity contribution is 5.80. The molecule has 0 aliphatic heterocycles. The van der Waals surface area contributed by atoms with Gasteiger partial charge >= 0.3 is 12.1 Å². The number of fused-ring (bicyclic) bond motifs is 3. The van der Waals surface area contributed by atoms with Crippen molar-refractivity contribution in [3.63, 3.8) is 0 Å². The third kappa shape index (κ3) is 5.41. The number of hydrogen-bond acceptors (Lipinski definition) is 4. The monoisotopic (exact) mass is 464 g/mol. The van der Waals surface area contributed by atoms with E-state index < -0.39 is 23.6 Å². The molecule has 0 aromatic heterocycles. The lowest BCUT2D eigenvalue weighted by molar-refractivity contribution is -0.137. The molecule has 0 radical (unpaired) electrons. The summed E-state index contributed by atoms with van der Waals surface area (Å²) in [5.41, 5.74) is 3.96. The largest absolute Gasteiger partial charge is 0.481 e. The fourth-order valence-corrected chi connectivity index (χ4v) is 5.37. The summed E-state index contributed by atoms with van der Waals surface area (Å²) >= 11 is 0. The number of aliphatic carboxylic acids is 1. The molecule has 0 unspecified atom stereocenters. The van der Waals surface area contributed by atoms with E-state index in [1.165, 1.54) is 11.1 Å². The summed E-state index contributed by atoms with van der Waals surface area (Å²) in [5.74, 6) is -1.24. The van der Waals surface area contributed by atoms with Crippen molar-refractivity contribution >= 4 is 18.0 Å². The van der Waals surface area contributed by atoms with E-state index in [0.717, 1.165) is 30.4 Å². The average molecular weight is 465 g/mol. The number of amides is 2. The highest BCUT2D eigenvalue weighted by Crippen LogP contribution is 2.44. The molecule has 4 rings (SSSR count). The zero-order valence-electron chi connectivity index (χ0n) is 19.5. The summed E-state index contributed by atoms with van der Waals surface area (Å²) < 4.78 is 5.72. The van der Waals surface area contributed by atoms with Crippen LogP contribution in [0.1, 0.15) is 68.9 Å². The predicted octanol–water partition coefficient (Wildman–Crippen LogP) is 4.60. The van der Waals surface area contributed by atoms with Crippen molar-refractivity contribution in [3.8, 4) is 11.1 Å². The molecular formula is C27H32N2O5. The fourth-order valence-electron chi connectivity index (χ4n) is 5.37. The number of carboxylic acid groups (broad SMARTS) is 1. The summed E-state index contributed by atoms with van der Waals surface area (Å²) in [7, 11) is 0. The second kappa shape index (κ2) is 10.3. The maximum atomic E-state index is 12.9. The number of carboxylic acids is 1. The first kappa shape index (κ1) is 23.8. The van der Waals surface area contributed by atoms with E-state index in [0.29, 0.717) is 12.8 Å². The van der Waals surface area contributed by atoms with Gasteiger partial charge in [-0.2, -0.15) is 0 Å². The van der Waals surface area contributed by atoms with Crippen molar-refractivity contribution in [2.24, 2.45) is 0 Å². The van der Waals surface area contributed by atoms with Gasteiger partial charge in [-0.05, 0) is 42.0 Å². The first-order chi connectivity index (χ1) is 16.4. The van der Waals surface area contributed by atoms with E-state index in [9.17, 15) is 14.4 Å². The lowest BCUT2D eigenvalue weighted by Gasteiger charge is -2.37. The van der Waals surface area contributed by atoms with Gasteiger partial charge in [-0.25, -0.2) is 4.79 Å². The van der Waals surface area contributed by atoms with Gasteiger partial charge in [0.25, 0.3) is 0 Å². The molecule has 2 aromatic carbocycles. The van der Waals surface area contributed by atoms with Crippen molar-refractivity contribution in [1.29, 1.82) is 0 Å². The minimum Gasteiger partial charge on any atom is -0.481 e. The van der Waals surface area contributed by atoms with Crippen molar-refractivity contribution in [2.45, 2.75) is 69.4 Å². The van der Waals surface area contributed by atoms with Gasteiger partial charge in [0, 0.05) is 18.4 Å². The minimum absolute atomic E-state index is 0.0272. The molecular weight excluding hydrogens is 432 g/mol. The Morgan fingerprint density at radius 3 is 2.18 bits per heavy atom. The molecule has 3 N–H and O–H groups in total. The quantitative estimate of drug-likeness (QED) is 0.530. The Labute approximate surface area is 199 Å². The summed E-state index contributed by atoms with van der Waals surface area (Å²) in [6.45, 7) is 1.89. The number of hydrogen-bond donors (Lipinski definition) is 3. The molecule has 2 aromatic rings. The Kier molecular flexibility index (Phi) is 7.20. The van der Waals surface area contributed by atoms with Crippen LogP contribution in [-0.2, 0) is 14.3 Å². The maximum Gasteiger partial charge on any atom is 0.407 e. The molecule has 34 heavy (non-hydrogen) atoms. The molecule has 0 saturated heterocycles. The van der Waals surface area contributed by atoms with Gasteiger partial charge < -0.3 is 20.5 Å². The third-order valence-electron chi connectivity index (χ3n) is 6.91. The number of ether oxygens (including phenoxy) is 1. The smallest absolute Gasteiger partial charge is 0.407 e. The highest BCUT2D eigenvalue weighted by Gasteiger charge is 2.37. The number of nitrogens with one attached hydrogen (secondary N) is 2. The van der Waals surface area contributed by atoms with E-state index in [-0.39, 0.29) is 31.3 Å². The molecule has 2 aliphatic carbocycles. The second-order valence-corrected chi connectivity index (χ2v) is 9.53. The van der Waals surface area contributed by atoms with Crippen LogP contribution in [0, 0.1) is 0 Å². The van der Waals surface area contributed by atoms with Crippen LogP contribution in [0.5, 0.6) is 0 Å². The van der Waals surface area contributed by atoms with Gasteiger partial charge in [-0.1, -0.05) is 67.8 Å². The van der Waals surface area contributed by atoms with Gasteiger partial charge in [0.15, 0.2) is 0 Å². The van der Waals surface area contributed by atoms with Crippen LogP contribution in [-0.4, -0.2) is 41.3 Å². The van der Waals surface area contributed by atoms with Crippen LogP contribution in [0.15, 0.2) is 48.5 Å². The summed E-state index contributed by atoms with van der Waals surface area (Å²) in [5, 5.41) is 14.7. The van der Waals surface area contributed by atoms with Gasteiger partial charge in [0.1, 0.15) is 6.61 Å². The van der Waals surface area contributed by atoms with E-state index in [2.05, 4.69) is 34.9 Å². The van der Waals surface area contributed by atoms with Crippen LogP contribution < -0.4 is 10.6 Å². The van der Waals surface area contributed by atoms with Crippen LogP contribution in [0.3, 0.4) is 0 Å². The first-order valence-corrected chi connectivity index (χ1v) is 12.0. The molecule has 2 amide bonds. The fraction of sp³-hybridized carbons (Fsp3) is 0.444.